The highest BCUT2D eigenvalue weighted by molar-refractivity contribution is 5.43. The first kappa shape index (κ1) is 8.97. The molecule has 0 aliphatic carbocycles. The molecule has 1 aromatic rings. The largest absolute Gasteiger partial charge is 0.485 e. The molecular weight excluding hydrogens is 197 g/mol. The van der Waals surface area contributed by atoms with Crippen LogP contribution in [0.15, 0.2) is 18.2 Å². The Hall–Kier alpha value is -1.29. The molecule has 2 aliphatic heterocycles. The van der Waals surface area contributed by atoms with Crippen molar-refractivity contribution in [2.45, 2.75) is 12.0 Å². The molecule has 15 heavy (non-hydrogen) atoms. The fourth-order valence-electron chi connectivity index (χ4n) is 2.09. The zero-order chi connectivity index (χ0) is 10.3. The number of hydrogen-bond acceptors (Lipinski definition) is 3. The van der Waals surface area contributed by atoms with Crippen molar-refractivity contribution in [1.29, 1.82) is 0 Å². The monoisotopic (exact) mass is 209 g/mol. The molecule has 2 aliphatic rings. The lowest BCUT2D eigenvalue weighted by atomic mass is 10.0. The van der Waals surface area contributed by atoms with E-state index in [9.17, 15) is 4.39 Å². The minimum atomic E-state index is -0.366. The van der Waals surface area contributed by atoms with Gasteiger partial charge in [0.05, 0.1) is 0 Å². The van der Waals surface area contributed by atoms with Crippen molar-refractivity contribution in [2.24, 2.45) is 0 Å². The van der Waals surface area contributed by atoms with Gasteiger partial charge in [-0.3, -0.25) is 0 Å². The maximum Gasteiger partial charge on any atom is 0.197 e. The lowest BCUT2D eigenvalue weighted by Gasteiger charge is -2.34. The normalized spacial score (nSPS) is 28.3. The van der Waals surface area contributed by atoms with E-state index in [1.54, 1.807) is 12.1 Å². The van der Waals surface area contributed by atoms with Gasteiger partial charge in [0.2, 0.25) is 0 Å². The number of benzene rings is 1. The Bertz CT molecular complexity index is 388. The van der Waals surface area contributed by atoms with Crippen LogP contribution < -0.4 is 14.8 Å². The summed E-state index contributed by atoms with van der Waals surface area (Å²) in [5.41, 5.74) is -0.366. The highest BCUT2D eigenvalue weighted by atomic mass is 19.1. The van der Waals surface area contributed by atoms with E-state index in [4.69, 9.17) is 9.47 Å². The van der Waals surface area contributed by atoms with E-state index in [0.717, 1.165) is 19.5 Å². The van der Waals surface area contributed by atoms with Gasteiger partial charge < -0.3 is 14.8 Å². The Labute approximate surface area is 87.2 Å². The van der Waals surface area contributed by atoms with Gasteiger partial charge in [0.1, 0.15) is 6.61 Å². The van der Waals surface area contributed by atoms with E-state index < -0.39 is 0 Å². The summed E-state index contributed by atoms with van der Waals surface area (Å²) in [6.07, 6.45) is 0.862. The molecule has 1 spiro atoms. The Morgan fingerprint density at radius 1 is 1.40 bits per heavy atom. The molecule has 0 radical (unpaired) electrons. The summed E-state index contributed by atoms with van der Waals surface area (Å²) in [6, 6.07) is 4.75. The fourth-order valence-corrected chi connectivity index (χ4v) is 2.09. The van der Waals surface area contributed by atoms with Crippen LogP contribution in [0, 0.1) is 5.82 Å². The molecule has 1 unspecified atom stereocenters. The van der Waals surface area contributed by atoms with E-state index in [1.165, 1.54) is 6.07 Å². The zero-order valence-electron chi connectivity index (χ0n) is 8.25. The minimum Gasteiger partial charge on any atom is -0.485 e. The lowest BCUT2D eigenvalue weighted by molar-refractivity contribution is 0.00353. The molecule has 2 heterocycles. The first-order chi connectivity index (χ1) is 7.29. The van der Waals surface area contributed by atoms with Gasteiger partial charge in [-0.05, 0) is 18.7 Å². The number of rotatable bonds is 0. The molecule has 0 saturated carbocycles. The topological polar surface area (TPSA) is 30.5 Å². The van der Waals surface area contributed by atoms with Crippen molar-refractivity contribution < 1.29 is 13.9 Å². The summed E-state index contributed by atoms with van der Waals surface area (Å²) in [5, 5.41) is 3.21. The van der Waals surface area contributed by atoms with Crippen molar-refractivity contribution in [3.63, 3.8) is 0 Å². The molecule has 80 valence electrons. The predicted molar refractivity (Wildman–Crippen MR) is 52.7 cm³/mol. The summed E-state index contributed by atoms with van der Waals surface area (Å²) < 4.78 is 24.8. The van der Waals surface area contributed by atoms with E-state index in [2.05, 4.69) is 5.32 Å². The van der Waals surface area contributed by atoms with Crippen LogP contribution in [0.25, 0.3) is 0 Å². The van der Waals surface area contributed by atoms with E-state index in [0.29, 0.717) is 12.4 Å². The molecule has 4 heteroatoms. The van der Waals surface area contributed by atoms with Gasteiger partial charge in [0.15, 0.2) is 22.9 Å². The van der Waals surface area contributed by atoms with Crippen LogP contribution in [-0.2, 0) is 0 Å². The number of fused-ring (bicyclic) bond motifs is 1. The Morgan fingerprint density at radius 3 is 3.13 bits per heavy atom. The standard InChI is InChI=1S/C11H12FNO2/c12-8-2-1-3-9-10(8)15-11(7-14-9)4-5-13-6-11/h1-3,13H,4-7H2. The van der Waals surface area contributed by atoms with Crippen LogP contribution >= 0.6 is 0 Å². The smallest absolute Gasteiger partial charge is 0.197 e. The molecule has 1 N–H and O–H groups in total. The molecule has 0 aromatic heterocycles. The average Bonchev–Trinajstić information content (AvgIpc) is 2.68. The summed E-state index contributed by atoms with van der Waals surface area (Å²) >= 11 is 0. The minimum absolute atomic E-state index is 0.257. The molecule has 3 nitrogen and oxygen atoms in total. The van der Waals surface area contributed by atoms with Gasteiger partial charge in [-0.1, -0.05) is 6.07 Å². The van der Waals surface area contributed by atoms with Crippen molar-refractivity contribution in [3.8, 4) is 11.5 Å². The first-order valence-electron chi connectivity index (χ1n) is 5.10. The van der Waals surface area contributed by atoms with Crippen LogP contribution in [0.5, 0.6) is 11.5 Å². The Morgan fingerprint density at radius 2 is 2.33 bits per heavy atom. The van der Waals surface area contributed by atoms with E-state index in [1.807, 2.05) is 0 Å². The fraction of sp³-hybridized carbons (Fsp3) is 0.455. The van der Waals surface area contributed by atoms with Crippen LogP contribution in [0.3, 0.4) is 0 Å². The Balaban J connectivity index is 1.98. The van der Waals surface area contributed by atoms with E-state index >= 15 is 0 Å². The molecule has 3 rings (SSSR count). The highest BCUT2D eigenvalue weighted by Gasteiger charge is 2.41. The quantitative estimate of drug-likeness (QED) is 0.699. The molecule has 0 amide bonds. The van der Waals surface area contributed by atoms with Gasteiger partial charge >= 0.3 is 0 Å². The highest BCUT2D eigenvalue weighted by Crippen LogP contribution is 2.39. The number of nitrogens with one attached hydrogen (secondary N) is 1. The van der Waals surface area contributed by atoms with Gasteiger partial charge in [0.25, 0.3) is 0 Å². The zero-order valence-corrected chi connectivity index (χ0v) is 8.25. The molecule has 0 bridgehead atoms. The molecule has 1 fully saturated rings. The number of halogens is 1. The van der Waals surface area contributed by atoms with Crippen molar-refractivity contribution >= 4 is 0 Å². The number of para-hydroxylation sites is 1. The predicted octanol–water partition coefficient (Wildman–Crippen LogP) is 1.33. The maximum absolute atomic E-state index is 13.5. The maximum atomic E-state index is 13.5. The summed E-state index contributed by atoms with van der Waals surface area (Å²) in [5.74, 6) is 0.415. The summed E-state index contributed by atoms with van der Waals surface area (Å²) in [4.78, 5) is 0. The first-order valence-corrected chi connectivity index (χ1v) is 5.10. The number of ether oxygens (including phenoxy) is 2. The summed E-state index contributed by atoms with van der Waals surface area (Å²) in [6.45, 7) is 2.12. The lowest BCUT2D eigenvalue weighted by Crippen LogP contribution is -2.46. The van der Waals surface area contributed by atoms with E-state index in [-0.39, 0.29) is 17.2 Å². The third-order valence-corrected chi connectivity index (χ3v) is 2.94. The Kier molecular flexibility index (Phi) is 1.85. The van der Waals surface area contributed by atoms with Crippen molar-refractivity contribution in [1.82, 2.24) is 5.32 Å². The average molecular weight is 209 g/mol. The van der Waals surface area contributed by atoms with Crippen molar-refractivity contribution in [2.75, 3.05) is 19.7 Å². The SMILES string of the molecule is Fc1cccc2c1OC1(CCNC1)CO2. The number of hydrogen-bond donors (Lipinski definition) is 1. The van der Waals surface area contributed by atoms with Crippen LogP contribution in [-0.4, -0.2) is 25.3 Å². The second kappa shape index (κ2) is 3.10. The third-order valence-electron chi connectivity index (χ3n) is 2.94. The second-order valence-electron chi connectivity index (χ2n) is 4.07. The van der Waals surface area contributed by atoms with Crippen LogP contribution in [0.1, 0.15) is 6.42 Å². The van der Waals surface area contributed by atoms with Gasteiger partial charge in [-0.25, -0.2) is 4.39 Å². The van der Waals surface area contributed by atoms with Gasteiger partial charge in [-0.15, -0.1) is 0 Å². The molecular formula is C11H12FNO2. The van der Waals surface area contributed by atoms with Crippen LogP contribution in [0.2, 0.25) is 0 Å². The molecule has 1 atom stereocenters. The van der Waals surface area contributed by atoms with Crippen LogP contribution in [0.4, 0.5) is 4.39 Å². The van der Waals surface area contributed by atoms with Crippen molar-refractivity contribution in [3.05, 3.63) is 24.0 Å². The third kappa shape index (κ3) is 1.36. The van der Waals surface area contributed by atoms with Gasteiger partial charge in [-0.2, -0.15) is 0 Å². The summed E-state index contributed by atoms with van der Waals surface area (Å²) in [7, 11) is 0. The second-order valence-corrected chi connectivity index (χ2v) is 4.07. The molecule has 1 saturated heterocycles. The molecule has 1 aromatic carbocycles. The van der Waals surface area contributed by atoms with Gasteiger partial charge in [0, 0.05) is 13.0 Å².